The molecule has 1 aliphatic carbocycles. The zero-order valence-electron chi connectivity index (χ0n) is 14.3. The van der Waals surface area contributed by atoms with Crippen LogP contribution in [0.1, 0.15) is 57.0 Å². The van der Waals surface area contributed by atoms with E-state index in [1.54, 1.807) is 24.1 Å². The Bertz CT molecular complexity index is 525. The lowest BCUT2D eigenvalue weighted by molar-refractivity contribution is 0.0466. The fourth-order valence-corrected chi connectivity index (χ4v) is 2.82. The molecular formula is C17H26N2O4. The molecule has 0 aromatic carbocycles. The van der Waals surface area contributed by atoms with Crippen LogP contribution in [-0.2, 0) is 4.74 Å². The van der Waals surface area contributed by atoms with Gasteiger partial charge < -0.3 is 19.4 Å². The molecule has 0 radical (unpaired) electrons. The smallest absolute Gasteiger partial charge is 0.407 e. The molecule has 0 atom stereocenters. The van der Waals surface area contributed by atoms with E-state index in [2.05, 4.69) is 5.32 Å². The Balaban J connectivity index is 1.79. The van der Waals surface area contributed by atoms with Gasteiger partial charge in [0, 0.05) is 19.1 Å². The zero-order valence-corrected chi connectivity index (χ0v) is 14.3. The fraction of sp³-hybridized carbons (Fsp3) is 0.647. The Kier molecular flexibility index (Phi) is 5.34. The first-order valence-corrected chi connectivity index (χ1v) is 8.06. The van der Waals surface area contributed by atoms with Crippen LogP contribution in [0.5, 0.6) is 0 Å². The minimum atomic E-state index is -0.489. The number of rotatable bonds is 3. The van der Waals surface area contributed by atoms with Crippen molar-refractivity contribution >= 4 is 12.0 Å². The van der Waals surface area contributed by atoms with Crippen molar-refractivity contribution in [1.29, 1.82) is 0 Å². The average Bonchev–Trinajstić information content (AvgIpc) is 2.98. The van der Waals surface area contributed by atoms with Crippen LogP contribution in [0.15, 0.2) is 22.8 Å². The zero-order chi connectivity index (χ0) is 17.0. The van der Waals surface area contributed by atoms with Gasteiger partial charge in [-0.3, -0.25) is 4.79 Å². The molecule has 1 aromatic rings. The van der Waals surface area contributed by atoms with Crippen LogP contribution in [-0.4, -0.2) is 41.6 Å². The van der Waals surface area contributed by atoms with Crippen molar-refractivity contribution in [3.05, 3.63) is 24.2 Å². The molecule has 1 aromatic heterocycles. The molecule has 0 spiro atoms. The molecule has 2 rings (SSSR count). The summed E-state index contributed by atoms with van der Waals surface area (Å²) < 4.78 is 10.4. The summed E-state index contributed by atoms with van der Waals surface area (Å²) in [6, 6.07) is 3.66. The molecule has 1 N–H and O–H groups in total. The second-order valence-corrected chi connectivity index (χ2v) is 7.05. The highest BCUT2D eigenvalue weighted by molar-refractivity contribution is 5.91. The first-order valence-electron chi connectivity index (χ1n) is 8.06. The van der Waals surface area contributed by atoms with Crippen LogP contribution < -0.4 is 5.32 Å². The number of hydrogen-bond acceptors (Lipinski definition) is 4. The van der Waals surface area contributed by atoms with E-state index >= 15 is 0 Å². The molecule has 0 bridgehead atoms. The molecule has 128 valence electrons. The third-order valence-electron chi connectivity index (χ3n) is 4.02. The molecule has 1 saturated carbocycles. The minimum Gasteiger partial charge on any atom is -0.459 e. The van der Waals surface area contributed by atoms with E-state index in [4.69, 9.17) is 9.15 Å². The standard InChI is InChI=1S/C17H26N2O4/c1-17(2,3)23-16(21)18-12-7-9-13(10-8-12)19(4)15(20)14-6-5-11-22-14/h5-6,11-13H,7-10H2,1-4H3,(H,18,21). The number of hydrogen-bond donors (Lipinski definition) is 1. The second-order valence-electron chi connectivity index (χ2n) is 7.05. The van der Waals surface area contributed by atoms with Gasteiger partial charge in [0.05, 0.1) is 6.26 Å². The summed E-state index contributed by atoms with van der Waals surface area (Å²) >= 11 is 0. The molecule has 1 heterocycles. The first-order chi connectivity index (χ1) is 10.8. The van der Waals surface area contributed by atoms with Gasteiger partial charge in [-0.15, -0.1) is 0 Å². The maximum atomic E-state index is 12.3. The number of furan rings is 1. The maximum absolute atomic E-state index is 12.3. The second kappa shape index (κ2) is 7.06. The molecular weight excluding hydrogens is 296 g/mol. The van der Waals surface area contributed by atoms with Gasteiger partial charge in [-0.25, -0.2) is 4.79 Å². The molecule has 0 saturated heterocycles. The van der Waals surface area contributed by atoms with Crippen LogP contribution in [0.3, 0.4) is 0 Å². The Hall–Kier alpha value is -1.98. The number of alkyl carbamates (subject to hydrolysis) is 1. The lowest BCUT2D eigenvalue weighted by Crippen LogP contribution is -2.45. The van der Waals surface area contributed by atoms with Gasteiger partial charge in [-0.1, -0.05) is 0 Å². The lowest BCUT2D eigenvalue weighted by Gasteiger charge is -2.34. The van der Waals surface area contributed by atoms with Crippen molar-refractivity contribution in [3.63, 3.8) is 0 Å². The number of carbonyl (C=O) groups excluding carboxylic acids is 2. The predicted octanol–water partition coefficient (Wildman–Crippen LogP) is 3.19. The molecule has 0 unspecified atom stereocenters. The average molecular weight is 322 g/mol. The third kappa shape index (κ3) is 5.01. The monoisotopic (exact) mass is 322 g/mol. The molecule has 1 aliphatic rings. The fourth-order valence-electron chi connectivity index (χ4n) is 2.82. The minimum absolute atomic E-state index is 0.0986. The van der Waals surface area contributed by atoms with Crippen LogP contribution in [0.2, 0.25) is 0 Å². The van der Waals surface area contributed by atoms with Crippen LogP contribution in [0, 0.1) is 0 Å². The molecule has 2 amide bonds. The Morgan fingerprint density at radius 2 is 1.91 bits per heavy atom. The predicted molar refractivity (Wildman–Crippen MR) is 86.2 cm³/mol. The quantitative estimate of drug-likeness (QED) is 0.927. The summed E-state index contributed by atoms with van der Waals surface area (Å²) in [5.41, 5.74) is -0.489. The third-order valence-corrected chi connectivity index (χ3v) is 4.02. The van der Waals surface area contributed by atoms with Gasteiger partial charge in [0.25, 0.3) is 5.91 Å². The first kappa shape index (κ1) is 17.4. The van der Waals surface area contributed by atoms with Gasteiger partial charge in [0.15, 0.2) is 5.76 Å². The van der Waals surface area contributed by atoms with E-state index in [0.29, 0.717) is 5.76 Å². The van der Waals surface area contributed by atoms with E-state index in [-0.39, 0.29) is 24.1 Å². The summed E-state index contributed by atoms with van der Waals surface area (Å²) in [5.74, 6) is 0.264. The number of nitrogens with one attached hydrogen (secondary N) is 1. The Labute approximate surface area is 137 Å². The topological polar surface area (TPSA) is 71.8 Å². The van der Waals surface area contributed by atoms with Gasteiger partial charge in [0.1, 0.15) is 5.60 Å². The van der Waals surface area contributed by atoms with Crippen LogP contribution in [0.4, 0.5) is 4.79 Å². The van der Waals surface area contributed by atoms with Gasteiger partial charge in [-0.05, 0) is 58.6 Å². The van der Waals surface area contributed by atoms with Crippen molar-refractivity contribution < 1.29 is 18.7 Å². The molecule has 6 nitrogen and oxygen atoms in total. The SMILES string of the molecule is CN(C(=O)c1ccco1)C1CCC(NC(=O)OC(C)(C)C)CC1. The van der Waals surface area contributed by atoms with Gasteiger partial charge in [0.2, 0.25) is 0 Å². The van der Waals surface area contributed by atoms with E-state index < -0.39 is 5.60 Å². The molecule has 6 heteroatoms. The van der Waals surface area contributed by atoms with Gasteiger partial charge in [-0.2, -0.15) is 0 Å². The number of ether oxygens (including phenoxy) is 1. The van der Waals surface area contributed by atoms with Crippen molar-refractivity contribution in [2.75, 3.05) is 7.05 Å². The normalized spacial score (nSPS) is 21.6. The van der Waals surface area contributed by atoms with Gasteiger partial charge >= 0.3 is 6.09 Å². The number of amides is 2. The van der Waals surface area contributed by atoms with Crippen molar-refractivity contribution in [1.82, 2.24) is 10.2 Å². The highest BCUT2D eigenvalue weighted by Crippen LogP contribution is 2.24. The largest absolute Gasteiger partial charge is 0.459 e. The van der Waals surface area contributed by atoms with Crippen molar-refractivity contribution in [3.8, 4) is 0 Å². The number of nitrogens with zero attached hydrogens (tertiary/aromatic N) is 1. The van der Waals surface area contributed by atoms with Crippen molar-refractivity contribution in [2.45, 2.75) is 64.1 Å². The summed E-state index contributed by atoms with van der Waals surface area (Å²) in [6.45, 7) is 5.54. The van der Waals surface area contributed by atoms with Crippen LogP contribution >= 0.6 is 0 Å². The Morgan fingerprint density at radius 1 is 1.26 bits per heavy atom. The Morgan fingerprint density at radius 3 is 2.43 bits per heavy atom. The van der Waals surface area contributed by atoms with Crippen LogP contribution in [0.25, 0.3) is 0 Å². The maximum Gasteiger partial charge on any atom is 0.407 e. The highest BCUT2D eigenvalue weighted by atomic mass is 16.6. The molecule has 23 heavy (non-hydrogen) atoms. The number of carbonyl (C=O) groups is 2. The molecule has 0 aliphatic heterocycles. The summed E-state index contributed by atoms with van der Waals surface area (Å²) in [5, 5.41) is 2.91. The highest BCUT2D eigenvalue weighted by Gasteiger charge is 2.29. The van der Waals surface area contributed by atoms with Crippen molar-refractivity contribution in [2.24, 2.45) is 0 Å². The van der Waals surface area contributed by atoms with E-state index in [9.17, 15) is 9.59 Å². The summed E-state index contributed by atoms with van der Waals surface area (Å²) in [7, 11) is 1.80. The van der Waals surface area contributed by atoms with E-state index in [0.717, 1.165) is 25.7 Å². The summed E-state index contributed by atoms with van der Waals surface area (Å²) in [4.78, 5) is 25.8. The van der Waals surface area contributed by atoms with E-state index in [1.165, 1.54) is 6.26 Å². The summed E-state index contributed by atoms with van der Waals surface area (Å²) in [6.07, 6.45) is 4.50. The lowest BCUT2D eigenvalue weighted by atomic mass is 9.90. The molecule has 1 fully saturated rings. The van der Waals surface area contributed by atoms with E-state index in [1.807, 2.05) is 20.8 Å².